The van der Waals surface area contributed by atoms with E-state index in [0.29, 0.717) is 12.3 Å². The molecule has 2 aromatic carbocycles. The normalized spacial score (nSPS) is 20.1. The predicted molar refractivity (Wildman–Crippen MR) is 94.0 cm³/mol. The van der Waals surface area contributed by atoms with Gasteiger partial charge in [-0.25, -0.2) is 4.79 Å². The van der Waals surface area contributed by atoms with Crippen LogP contribution in [0.4, 0.5) is 0 Å². The second-order valence-corrected chi connectivity index (χ2v) is 5.79. The number of nitrogens with one attached hydrogen (secondary N) is 2. The zero-order valence-corrected chi connectivity index (χ0v) is 14.0. The fourth-order valence-corrected chi connectivity index (χ4v) is 3.02. The van der Waals surface area contributed by atoms with Crippen molar-refractivity contribution in [2.24, 2.45) is 0 Å². The number of carbonyl (C=O) groups is 1. The van der Waals surface area contributed by atoms with Gasteiger partial charge in [0.1, 0.15) is 5.70 Å². The maximum Gasteiger partial charge on any atom is 0.356 e. The Morgan fingerprint density at radius 3 is 1.92 bits per heavy atom. The monoisotopic (exact) mass is 322 g/mol. The fourth-order valence-electron chi connectivity index (χ4n) is 3.02. The number of esters is 1. The molecule has 2 atom stereocenters. The van der Waals surface area contributed by atoms with Crippen molar-refractivity contribution in [3.63, 3.8) is 0 Å². The highest BCUT2D eigenvalue weighted by Gasteiger charge is 2.32. The number of hydrogen-bond donors (Lipinski definition) is 2. The molecule has 2 aromatic rings. The second-order valence-electron chi connectivity index (χ2n) is 5.79. The molecule has 124 valence electrons. The summed E-state index contributed by atoms with van der Waals surface area (Å²) in [5, 5.41) is 6.88. The number of ether oxygens (including phenoxy) is 1. The summed E-state index contributed by atoms with van der Waals surface area (Å²) in [7, 11) is 0. The van der Waals surface area contributed by atoms with Crippen LogP contribution in [-0.2, 0) is 9.53 Å². The molecular weight excluding hydrogens is 300 g/mol. The molecule has 0 spiro atoms. The van der Waals surface area contributed by atoms with E-state index in [2.05, 4.69) is 34.9 Å². The van der Waals surface area contributed by atoms with Gasteiger partial charge in [0.2, 0.25) is 0 Å². The average Bonchev–Trinajstić information content (AvgIpc) is 2.63. The molecule has 2 N–H and O–H groups in total. The first kappa shape index (κ1) is 16.1. The number of rotatable bonds is 4. The molecule has 1 aliphatic rings. The molecule has 0 amide bonds. The molecule has 0 unspecified atom stereocenters. The van der Waals surface area contributed by atoms with E-state index in [0.717, 1.165) is 11.3 Å². The van der Waals surface area contributed by atoms with E-state index in [9.17, 15) is 4.79 Å². The summed E-state index contributed by atoms with van der Waals surface area (Å²) in [5.74, 6) is -0.324. The summed E-state index contributed by atoms with van der Waals surface area (Å²) in [5.41, 5.74) is 3.58. The Kier molecular flexibility index (Phi) is 4.85. The van der Waals surface area contributed by atoms with Crippen molar-refractivity contribution in [2.75, 3.05) is 6.61 Å². The Hall–Kier alpha value is -2.75. The quantitative estimate of drug-likeness (QED) is 0.847. The highest BCUT2D eigenvalue weighted by atomic mass is 16.5. The van der Waals surface area contributed by atoms with Crippen molar-refractivity contribution < 1.29 is 9.53 Å². The van der Waals surface area contributed by atoms with Gasteiger partial charge in [0.15, 0.2) is 0 Å². The van der Waals surface area contributed by atoms with Crippen LogP contribution in [0.25, 0.3) is 0 Å². The van der Waals surface area contributed by atoms with Crippen LogP contribution < -0.4 is 10.6 Å². The molecule has 3 rings (SSSR count). The number of allylic oxidation sites excluding steroid dienone is 1. The van der Waals surface area contributed by atoms with Crippen LogP contribution in [-0.4, -0.2) is 12.6 Å². The van der Waals surface area contributed by atoms with Crippen molar-refractivity contribution in [3.05, 3.63) is 83.2 Å². The van der Waals surface area contributed by atoms with Crippen LogP contribution in [0.1, 0.15) is 37.1 Å². The highest BCUT2D eigenvalue weighted by molar-refractivity contribution is 5.89. The highest BCUT2D eigenvalue weighted by Crippen LogP contribution is 2.34. The molecule has 0 bridgehead atoms. The van der Waals surface area contributed by atoms with Gasteiger partial charge in [0.25, 0.3) is 0 Å². The first-order valence-corrected chi connectivity index (χ1v) is 8.21. The van der Waals surface area contributed by atoms with Crippen LogP contribution in [0.15, 0.2) is 72.1 Å². The van der Waals surface area contributed by atoms with E-state index >= 15 is 0 Å². The second kappa shape index (κ2) is 7.21. The molecule has 1 heterocycles. The zero-order valence-electron chi connectivity index (χ0n) is 14.0. The van der Waals surface area contributed by atoms with E-state index in [-0.39, 0.29) is 18.1 Å². The minimum Gasteiger partial charge on any atom is -0.461 e. The van der Waals surface area contributed by atoms with Gasteiger partial charge in [-0.2, -0.15) is 0 Å². The van der Waals surface area contributed by atoms with Gasteiger partial charge in [-0.15, -0.1) is 0 Å². The average molecular weight is 322 g/mol. The van der Waals surface area contributed by atoms with Crippen LogP contribution >= 0.6 is 0 Å². The molecule has 0 saturated carbocycles. The lowest BCUT2D eigenvalue weighted by Crippen LogP contribution is -2.43. The molecule has 4 nitrogen and oxygen atoms in total. The van der Waals surface area contributed by atoms with E-state index < -0.39 is 0 Å². The summed E-state index contributed by atoms with van der Waals surface area (Å²) in [6.45, 7) is 4.07. The molecule has 0 radical (unpaired) electrons. The van der Waals surface area contributed by atoms with E-state index in [1.165, 1.54) is 5.56 Å². The third kappa shape index (κ3) is 3.27. The lowest BCUT2D eigenvalue weighted by Gasteiger charge is -2.36. The van der Waals surface area contributed by atoms with E-state index in [1.54, 1.807) is 0 Å². The molecule has 0 aromatic heterocycles. The first-order chi connectivity index (χ1) is 11.7. The fraction of sp³-hybridized carbons (Fsp3) is 0.250. The van der Waals surface area contributed by atoms with Gasteiger partial charge < -0.3 is 15.4 Å². The van der Waals surface area contributed by atoms with Crippen LogP contribution in [0.5, 0.6) is 0 Å². The summed E-state index contributed by atoms with van der Waals surface area (Å²) >= 11 is 0. The first-order valence-electron chi connectivity index (χ1n) is 8.21. The van der Waals surface area contributed by atoms with Gasteiger partial charge >= 0.3 is 5.97 Å². The molecule has 0 fully saturated rings. The van der Waals surface area contributed by atoms with Crippen LogP contribution in [0.3, 0.4) is 0 Å². The molecule has 0 aliphatic carbocycles. The standard InChI is InChI=1S/C20H22N2O2/c1-3-24-20(23)17-14(2)21-18(15-10-6-4-7-11-15)19(22-17)16-12-8-5-9-13-16/h4-13,18-19,21-22H,3H2,1-2H3/t18-,19-/m1/s1. The smallest absolute Gasteiger partial charge is 0.356 e. The summed E-state index contributed by atoms with van der Waals surface area (Å²) in [6, 6.07) is 20.4. The van der Waals surface area contributed by atoms with Gasteiger partial charge in [0.05, 0.1) is 18.7 Å². The number of benzene rings is 2. The minimum atomic E-state index is -0.324. The largest absolute Gasteiger partial charge is 0.461 e. The Bertz CT molecular complexity index is 726. The van der Waals surface area contributed by atoms with E-state index in [1.807, 2.05) is 50.2 Å². The maximum atomic E-state index is 12.2. The summed E-state index contributed by atoms with van der Waals surface area (Å²) in [4.78, 5) is 12.2. The number of carbonyl (C=O) groups excluding carboxylic acids is 1. The summed E-state index contributed by atoms with van der Waals surface area (Å²) < 4.78 is 5.18. The van der Waals surface area contributed by atoms with Crippen LogP contribution in [0.2, 0.25) is 0 Å². The predicted octanol–water partition coefficient (Wildman–Crippen LogP) is 3.46. The topological polar surface area (TPSA) is 50.4 Å². The van der Waals surface area contributed by atoms with Gasteiger partial charge in [-0.05, 0) is 25.0 Å². The molecule has 1 aliphatic heterocycles. The zero-order chi connectivity index (χ0) is 16.9. The third-order valence-electron chi connectivity index (χ3n) is 4.18. The Morgan fingerprint density at radius 1 is 0.917 bits per heavy atom. The van der Waals surface area contributed by atoms with Crippen molar-refractivity contribution >= 4 is 5.97 Å². The van der Waals surface area contributed by atoms with E-state index in [4.69, 9.17) is 4.74 Å². The molecular formula is C20H22N2O2. The summed E-state index contributed by atoms with van der Waals surface area (Å²) in [6.07, 6.45) is 0. The molecule has 0 saturated heterocycles. The molecule has 24 heavy (non-hydrogen) atoms. The third-order valence-corrected chi connectivity index (χ3v) is 4.18. The Morgan fingerprint density at radius 2 is 1.42 bits per heavy atom. The van der Waals surface area contributed by atoms with Crippen molar-refractivity contribution in [2.45, 2.75) is 25.9 Å². The Balaban J connectivity index is 2.00. The minimum absolute atomic E-state index is 0.0341. The van der Waals surface area contributed by atoms with Gasteiger partial charge in [-0.1, -0.05) is 60.7 Å². The number of hydrogen-bond acceptors (Lipinski definition) is 4. The van der Waals surface area contributed by atoms with Crippen molar-refractivity contribution in [1.82, 2.24) is 10.6 Å². The SMILES string of the molecule is CCOC(=O)C1=C(C)N[C@H](c2ccccc2)[C@@H](c2ccccc2)N1. The van der Waals surface area contributed by atoms with Gasteiger partial charge in [0, 0.05) is 5.70 Å². The Labute approximate surface area is 142 Å². The van der Waals surface area contributed by atoms with Crippen LogP contribution in [0, 0.1) is 0 Å². The molecule has 4 heteroatoms. The van der Waals surface area contributed by atoms with Crippen molar-refractivity contribution in [1.29, 1.82) is 0 Å². The van der Waals surface area contributed by atoms with Crippen molar-refractivity contribution in [3.8, 4) is 0 Å². The van der Waals surface area contributed by atoms with Gasteiger partial charge in [-0.3, -0.25) is 0 Å². The maximum absolute atomic E-state index is 12.2. The lowest BCUT2D eigenvalue weighted by atomic mass is 9.91. The lowest BCUT2D eigenvalue weighted by molar-refractivity contribution is -0.139.